The molecule has 1 saturated heterocycles. The molecule has 0 bridgehead atoms. The summed E-state index contributed by atoms with van der Waals surface area (Å²) in [7, 11) is 0. The Morgan fingerprint density at radius 3 is 2.86 bits per heavy atom. The van der Waals surface area contributed by atoms with Gasteiger partial charge in [0.05, 0.1) is 4.92 Å². The average Bonchev–Trinajstić information content (AvgIpc) is 3.30. The first kappa shape index (κ1) is 19.4. The Kier molecular flexibility index (Phi) is 5.21. The predicted octanol–water partition coefficient (Wildman–Crippen LogP) is 2.65. The third-order valence-corrected chi connectivity index (χ3v) is 5.62. The summed E-state index contributed by atoms with van der Waals surface area (Å²) in [5.41, 5.74) is 0.827. The van der Waals surface area contributed by atoms with Gasteiger partial charge in [0.2, 0.25) is 0 Å². The standard InChI is InChI=1S/C20H26N6O3/c1-13(2)21-20(27)14-7-8-16(17(11-14)26(28)29)24-9-3-5-15(12-24)19-23-22-18-6-4-10-25(18)19/h7-8,11,13,15H,3-6,9-10,12H2,1-2H3,(H,21,27). The summed E-state index contributed by atoms with van der Waals surface area (Å²) in [6.07, 6.45) is 3.99. The van der Waals surface area contributed by atoms with Gasteiger partial charge < -0.3 is 14.8 Å². The summed E-state index contributed by atoms with van der Waals surface area (Å²) in [5, 5.41) is 23.2. The monoisotopic (exact) mass is 398 g/mol. The van der Waals surface area contributed by atoms with E-state index in [0.29, 0.717) is 17.8 Å². The van der Waals surface area contributed by atoms with E-state index in [1.165, 1.54) is 6.07 Å². The van der Waals surface area contributed by atoms with Gasteiger partial charge in [-0.3, -0.25) is 14.9 Å². The summed E-state index contributed by atoms with van der Waals surface area (Å²) < 4.78 is 2.21. The van der Waals surface area contributed by atoms with Gasteiger partial charge in [-0.15, -0.1) is 10.2 Å². The molecular formula is C20H26N6O3. The summed E-state index contributed by atoms with van der Waals surface area (Å²) in [6.45, 7) is 6.08. The smallest absolute Gasteiger partial charge is 0.293 e. The fourth-order valence-electron chi connectivity index (χ4n) is 4.31. The van der Waals surface area contributed by atoms with Crippen LogP contribution in [0, 0.1) is 10.1 Å². The van der Waals surface area contributed by atoms with Crippen molar-refractivity contribution in [3.63, 3.8) is 0 Å². The van der Waals surface area contributed by atoms with Crippen LogP contribution in [-0.2, 0) is 13.0 Å². The number of nitro groups is 1. The summed E-state index contributed by atoms with van der Waals surface area (Å²) >= 11 is 0. The van der Waals surface area contributed by atoms with Crippen LogP contribution in [0.3, 0.4) is 0 Å². The number of amides is 1. The highest BCUT2D eigenvalue weighted by molar-refractivity contribution is 5.96. The number of carbonyl (C=O) groups excluding carboxylic acids is 1. The molecule has 9 heteroatoms. The van der Waals surface area contributed by atoms with Gasteiger partial charge in [0.15, 0.2) is 0 Å². The van der Waals surface area contributed by atoms with Crippen LogP contribution in [0.4, 0.5) is 11.4 Å². The molecule has 1 aromatic carbocycles. The van der Waals surface area contributed by atoms with Crippen molar-refractivity contribution in [2.24, 2.45) is 0 Å². The number of carbonyl (C=O) groups is 1. The van der Waals surface area contributed by atoms with Gasteiger partial charge in [-0.2, -0.15) is 0 Å². The summed E-state index contributed by atoms with van der Waals surface area (Å²) in [4.78, 5) is 25.7. The zero-order chi connectivity index (χ0) is 20.5. The number of nitro benzene ring substituents is 1. The zero-order valence-electron chi connectivity index (χ0n) is 16.8. The number of aromatic nitrogens is 3. The molecule has 0 spiro atoms. The number of piperidine rings is 1. The van der Waals surface area contributed by atoms with E-state index >= 15 is 0 Å². The topological polar surface area (TPSA) is 106 Å². The van der Waals surface area contributed by atoms with Crippen molar-refractivity contribution in [3.05, 3.63) is 45.5 Å². The summed E-state index contributed by atoms with van der Waals surface area (Å²) in [6, 6.07) is 4.71. The highest BCUT2D eigenvalue weighted by atomic mass is 16.6. The Labute approximate surface area is 169 Å². The van der Waals surface area contributed by atoms with Crippen molar-refractivity contribution in [1.29, 1.82) is 0 Å². The van der Waals surface area contributed by atoms with E-state index in [0.717, 1.165) is 50.4 Å². The highest BCUT2D eigenvalue weighted by Crippen LogP contribution is 2.35. The first-order valence-electron chi connectivity index (χ1n) is 10.2. The molecule has 29 heavy (non-hydrogen) atoms. The van der Waals surface area contributed by atoms with E-state index in [2.05, 4.69) is 20.1 Å². The van der Waals surface area contributed by atoms with E-state index in [-0.39, 0.29) is 23.6 Å². The number of benzene rings is 1. The summed E-state index contributed by atoms with van der Waals surface area (Å²) in [5.74, 6) is 1.94. The molecule has 1 atom stereocenters. The lowest BCUT2D eigenvalue weighted by Crippen LogP contribution is -2.36. The highest BCUT2D eigenvalue weighted by Gasteiger charge is 2.31. The minimum atomic E-state index is -0.403. The second kappa shape index (κ2) is 7.81. The second-order valence-corrected chi connectivity index (χ2v) is 8.10. The Hall–Kier alpha value is -2.97. The lowest BCUT2D eigenvalue weighted by atomic mass is 9.96. The minimum absolute atomic E-state index is 0.0334. The lowest BCUT2D eigenvalue weighted by Gasteiger charge is -2.33. The van der Waals surface area contributed by atoms with E-state index in [9.17, 15) is 14.9 Å². The molecule has 1 amide bonds. The molecule has 0 saturated carbocycles. The van der Waals surface area contributed by atoms with Crippen molar-refractivity contribution in [3.8, 4) is 0 Å². The van der Waals surface area contributed by atoms with Gasteiger partial charge in [-0.1, -0.05) is 0 Å². The molecule has 4 rings (SSSR count). The van der Waals surface area contributed by atoms with Crippen molar-refractivity contribution in [1.82, 2.24) is 20.1 Å². The van der Waals surface area contributed by atoms with E-state index in [4.69, 9.17) is 0 Å². The van der Waals surface area contributed by atoms with Crippen LogP contribution in [0.2, 0.25) is 0 Å². The normalized spacial score (nSPS) is 18.7. The molecule has 2 aliphatic rings. The van der Waals surface area contributed by atoms with Crippen molar-refractivity contribution < 1.29 is 9.72 Å². The maximum atomic E-state index is 12.3. The lowest BCUT2D eigenvalue weighted by molar-refractivity contribution is -0.384. The van der Waals surface area contributed by atoms with Crippen LogP contribution in [0.25, 0.3) is 0 Å². The second-order valence-electron chi connectivity index (χ2n) is 8.10. The Morgan fingerprint density at radius 2 is 2.10 bits per heavy atom. The number of nitrogens with zero attached hydrogens (tertiary/aromatic N) is 5. The number of aryl methyl sites for hydroxylation is 1. The molecule has 1 aromatic heterocycles. The largest absolute Gasteiger partial charge is 0.365 e. The van der Waals surface area contributed by atoms with Crippen LogP contribution in [0.15, 0.2) is 18.2 Å². The molecule has 154 valence electrons. The van der Waals surface area contributed by atoms with Gasteiger partial charge in [0.25, 0.3) is 11.6 Å². The van der Waals surface area contributed by atoms with Gasteiger partial charge in [0, 0.05) is 49.6 Å². The number of fused-ring (bicyclic) bond motifs is 1. The molecule has 1 fully saturated rings. The minimum Gasteiger partial charge on any atom is -0.365 e. The third-order valence-electron chi connectivity index (χ3n) is 5.62. The first-order chi connectivity index (χ1) is 13.9. The van der Waals surface area contributed by atoms with Crippen LogP contribution in [0.1, 0.15) is 61.0 Å². The molecule has 2 aliphatic heterocycles. The molecule has 0 aliphatic carbocycles. The van der Waals surface area contributed by atoms with Crippen LogP contribution < -0.4 is 10.2 Å². The van der Waals surface area contributed by atoms with Crippen molar-refractivity contribution in [2.45, 2.75) is 58.0 Å². The molecular weight excluding hydrogens is 372 g/mol. The molecule has 0 radical (unpaired) electrons. The number of rotatable bonds is 5. The van der Waals surface area contributed by atoms with Gasteiger partial charge >= 0.3 is 0 Å². The molecule has 1 N–H and O–H groups in total. The quantitative estimate of drug-likeness (QED) is 0.613. The van der Waals surface area contributed by atoms with E-state index in [1.54, 1.807) is 12.1 Å². The van der Waals surface area contributed by atoms with Crippen molar-refractivity contribution >= 4 is 17.3 Å². The van der Waals surface area contributed by atoms with Crippen molar-refractivity contribution in [2.75, 3.05) is 18.0 Å². The Bertz CT molecular complexity index is 938. The fourth-order valence-corrected chi connectivity index (χ4v) is 4.31. The molecule has 2 aromatic rings. The van der Waals surface area contributed by atoms with Crippen LogP contribution >= 0.6 is 0 Å². The predicted molar refractivity (Wildman–Crippen MR) is 108 cm³/mol. The molecule has 1 unspecified atom stereocenters. The maximum absolute atomic E-state index is 12.3. The first-order valence-corrected chi connectivity index (χ1v) is 10.2. The maximum Gasteiger partial charge on any atom is 0.293 e. The van der Waals surface area contributed by atoms with Crippen LogP contribution in [0.5, 0.6) is 0 Å². The molecule has 9 nitrogen and oxygen atoms in total. The van der Waals surface area contributed by atoms with E-state index in [1.807, 2.05) is 18.7 Å². The van der Waals surface area contributed by atoms with Gasteiger partial charge in [-0.25, -0.2) is 0 Å². The average molecular weight is 398 g/mol. The third kappa shape index (κ3) is 3.81. The number of hydrogen-bond acceptors (Lipinski definition) is 6. The number of anilines is 1. The number of nitrogens with one attached hydrogen (secondary N) is 1. The van der Waals surface area contributed by atoms with Gasteiger partial charge in [-0.05, 0) is 45.2 Å². The number of hydrogen-bond donors (Lipinski definition) is 1. The van der Waals surface area contributed by atoms with Gasteiger partial charge in [0.1, 0.15) is 17.3 Å². The fraction of sp³-hybridized carbons (Fsp3) is 0.550. The molecule has 3 heterocycles. The Balaban J connectivity index is 1.59. The zero-order valence-corrected chi connectivity index (χ0v) is 16.8. The SMILES string of the molecule is CC(C)NC(=O)c1ccc(N2CCCC(c3nnc4n3CCC4)C2)c([N+](=O)[O-])c1. The Morgan fingerprint density at radius 1 is 1.28 bits per heavy atom. The van der Waals surface area contributed by atoms with Crippen LogP contribution in [-0.4, -0.2) is 44.7 Å². The van der Waals surface area contributed by atoms with E-state index < -0.39 is 4.92 Å².